The van der Waals surface area contributed by atoms with E-state index >= 15 is 0 Å². The number of hydrogen-bond donors (Lipinski definition) is 2. The Morgan fingerprint density at radius 1 is 1.38 bits per heavy atom. The standard InChI is InChI=1S/C16H17FN2O5/c1-19-13(21)10-11(14(19)22)16(7-20,15(23)24-2)18-12(10)8-5-3-4-6-9(8)17/h3-6,10-12,18,20H,7H2,1-2H3/t10-,11-,12+,16+/m0/s1. The van der Waals surface area contributed by atoms with Crippen molar-refractivity contribution >= 4 is 17.8 Å². The van der Waals surface area contributed by atoms with Crippen LogP contribution in [0.3, 0.4) is 0 Å². The molecule has 4 atom stereocenters. The van der Waals surface area contributed by atoms with Crippen molar-refractivity contribution in [1.82, 2.24) is 10.2 Å². The third-order valence-electron chi connectivity index (χ3n) is 4.91. The van der Waals surface area contributed by atoms with Crippen molar-refractivity contribution in [2.24, 2.45) is 11.8 Å². The van der Waals surface area contributed by atoms with Crippen LogP contribution in [0.4, 0.5) is 4.39 Å². The van der Waals surface area contributed by atoms with Gasteiger partial charge in [-0.25, -0.2) is 9.18 Å². The molecule has 24 heavy (non-hydrogen) atoms. The molecule has 2 N–H and O–H groups in total. The molecule has 2 fully saturated rings. The minimum absolute atomic E-state index is 0.156. The van der Waals surface area contributed by atoms with Gasteiger partial charge in [0.15, 0.2) is 5.54 Å². The lowest BCUT2D eigenvalue weighted by atomic mass is 9.79. The second-order valence-corrected chi connectivity index (χ2v) is 6.00. The topological polar surface area (TPSA) is 95.9 Å². The molecule has 8 heteroatoms. The highest BCUT2D eigenvalue weighted by molar-refractivity contribution is 6.09. The first kappa shape index (κ1) is 16.5. The molecule has 0 radical (unpaired) electrons. The van der Waals surface area contributed by atoms with E-state index in [1.807, 2.05) is 0 Å². The van der Waals surface area contributed by atoms with Crippen LogP contribution in [0.5, 0.6) is 0 Å². The highest BCUT2D eigenvalue weighted by atomic mass is 19.1. The maximum Gasteiger partial charge on any atom is 0.329 e. The van der Waals surface area contributed by atoms with Gasteiger partial charge in [0, 0.05) is 18.7 Å². The average Bonchev–Trinajstić information content (AvgIpc) is 3.05. The second-order valence-electron chi connectivity index (χ2n) is 6.00. The molecule has 1 aromatic carbocycles. The van der Waals surface area contributed by atoms with E-state index < -0.39 is 53.6 Å². The number of halogens is 1. The Morgan fingerprint density at radius 3 is 2.62 bits per heavy atom. The Labute approximate surface area is 137 Å². The van der Waals surface area contributed by atoms with Crippen molar-refractivity contribution in [2.75, 3.05) is 20.8 Å². The normalized spacial score (nSPS) is 32.2. The summed E-state index contributed by atoms with van der Waals surface area (Å²) in [5.41, 5.74) is -1.63. The highest BCUT2D eigenvalue weighted by Gasteiger charge is 2.68. The van der Waals surface area contributed by atoms with Crippen molar-refractivity contribution in [3.8, 4) is 0 Å². The fourth-order valence-corrected chi connectivity index (χ4v) is 3.72. The molecule has 0 spiro atoms. The quantitative estimate of drug-likeness (QED) is 0.576. The number of esters is 1. The van der Waals surface area contributed by atoms with Gasteiger partial charge < -0.3 is 9.84 Å². The summed E-state index contributed by atoms with van der Waals surface area (Å²) in [5, 5.41) is 12.7. The third kappa shape index (κ3) is 1.99. The molecule has 2 heterocycles. The number of methoxy groups -OCH3 is 1. The summed E-state index contributed by atoms with van der Waals surface area (Å²) >= 11 is 0. The zero-order valence-corrected chi connectivity index (χ0v) is 13.2. The maximum atomic E-state index is 14.2. The Kier molecular flexibility index (Phi) is 3.89. The number of carbonyl (C=O) groups is 3. The number of rotatable bonds is 3. The number of nitrogens with zero attached hydrogens (tertiary/aromatic N) is 1. The van der Waals surface area contributed by atoms with Crippen molar-refractivity contribution in [3.63, 3.8) is 0 Å². The second kappa shape index (κ2) is 5.64. The lowest BCUT2D eigenvalue weighted by molar-refractivity contribution is -0.156. The van der Waals surface area contributed by atoms with E-state index in [1.54, 1.807) is 6.07 Å². The van der Waals surface area contributed by atoms with Gasteiger partial charge in [-0.05, 0) is 6.07 Å². The Hall–Kier alpha value is -2.32. The predicted octanol–water partition coefficient (Wildman–Crippen LogP) is -0.395. The van der Waals surface area contributed by atoms with Crippen LogP contribution in [0, 0.1) is 17.7 Å². The van der Waals surface area contributed by atoms with E-state index in [0.717, 1.165) is 12.0 Å². The summed E-state index contributed by atoms with van der Waals surface area (Å²) in [4.78, 5) is 38.2. The number of likely N-dealkylation sites (tertiary alicyclic amines) is 1. The monoisotopic (exact) mass is 336 g/mol. The summed E-state index contributed by atoms with van der Waals surface area (Å²) in [6.07, 6.45) is 0. The van der Waals surface area contributed by atoms with E-state index in [1.165, 1.54) is 25.2 Å². The number of aliphatic hydroxyl groups is 1. The molecule has 0 bridgehead atoms. The van der Waals surface area contributed by atoms with Crippen LogP contribution in [-0.2, 0) is 19.1 Å². The van der Waals surface area contributed by atoms with Crippen LogP contribution < -0.4 is 5.32 Å². The fourth-order valence-electron chi connectivity index (χ4n) is 3.72. The van der Waals surface area contributed by atoms with Gasteiger partial charge in [-0.15, -0.1) is 0 Å². The van der Waals surface area contributed by atoms with E-state index in [4.69, 9.17) is 4.74 Å². The molecule has 2 aliphatic rings. The molecule has 128 valence electrons. The number of amides is 2. The van der Waals surface area contributed by atoms with Crippen molar-refractivity contribution in [1.29, 1.82) is 0 Å². The van der Waals surface area contributed by atoms with E-state index in [-0.39, 0.29) is 5.56 Å². The molecule has 0 saturated carbocycles. The molecule has 0 aromatic heterocycles. The predicted molar refractivity (Wildman–Crippen MR) is 78.9 cm³/mol. The molecular weight excluding hydrogens is 319 g/mol. The zero-order chi connectivity index (χ0) is 17.6. The lowest BCUT2D eigenvalue weighted by Gasteiger charge is -2.29. The largest absolute Gasteiger partial charge is 0.468 e. The summed E-state index contributed by atoms with van der Waals surface area (Å²) in [6, 6.07) is 4.87. The highest BCUT2D eigenvalue weighted by Crippen LogP contribution is 2.48. The smallest absolute Gasteiger partial charge is 0.329 e. The van der Waals surface area contributed by atoms with E-state index in [9.17, 15) is 23.9 Å². The van der Waals surface area contributed by atoms with Crippen LogP contribution in [0.2, 0.25) is 0 Å². The van der Waals surface area contributed by atoms with Crippen LogP contribution >= 0.6 is 0 Å². The minimum Gasteiger partial charge on any atom is -0.468 e. The van der Waals surface area contributed by atoms with Crippen LogP contribution in [0.1, 0.15) is 11.6 Å². The molecular formula is C16H17FN2O5. The molecule has 0 aliphatic carbocycles. The fraction of sp³-hybridized carbons (Fsp3) is 0.438. The average molecular weight is 336 g/mol. The summed E-state index contributed by atoms with van der Waals surface area (Å²) in [6.45, 7) is -0.751. The van der Waals surface area contributed by atoms with Gasteiger partial charge in [0.25, 0.3) is 0 Å². The maximum absolute atomic E-state index is 14.2. The first-order valence-corrected chi connectivity index (χ1v) is 7.42. The van der Waals surface area contributed by atoms with E-state index in [2.05, 4.69) is 5.32 Å². The molecule has 3 rings (SSSR count). The summed E-state index contributed by atoms with van der Waals surface area (Å²) in [5.74, 6) is -4.71. The third-order valence-corrected chi connectivity index (χ3v) is 4.91. The number of fused-ring (bicyclic) bond motifs is 1. The van der Waals surface area contributed by atoms with Gasteiger partial charge in [-0.2, -0.15) is 0 Å². The number of benzene rings is 1. The van der Waals surface area contributed by atoms with Gasteiger partial charge in [0.1, 0.15) is 5.82 Å². The molecule has 2 saturated heterocycles. The summed E-state index contributed by atoms with van der Waals surface area (Å²) in [7, 11) is 2.43. The Morgan fingerprint density at radius 2 is 2.04 bits per heavy atom. The number of nitrogens with one attached hydrogen (secondary N) is 1. The number of carbonyl (C=O) groups excluding carboxylic acids is 3. The van der Waals surface area contributed by atoms with E-state index in [0.29, 0.717) is 0 Å². The molecule has 7 nitrogen and oxygen atoms in total. The molecule has 1 aromatic rings. The van der Waals surface area contributed by atoms with Crippen molar-refractivity contribution in [2.45, 2.75) is 11.6 Å². The Balaban J connectivity index is 2.17. The molecule has 2 aliphatic heterocycles. The van der Waals surface area contributed by atoms with Gasteiger partial charge >= 0.3 is 5.97 Å². The van der Waals surface area contributed by atoms with Gasteiger partial charge in [-0.3, -0.25) is 19.8 Å². The van der Waals surface area contributed by atoms with Gasteiger partial charge in [-0.1, -0.05) is 18.2 Å². The van der Waals surface area contributed by atoms with Crippen LogP contribution in [0.25, 0.3) is 0 Å². The first-order chi connectivity index (χ1) is 11.4. The first-order valence-electron chi connectivity index (χ1n) is 7.42. The number of ether oxygens (including phenoxy) is 1. The van der Waals surface area contributed by atoms with Crippen molar-refractivity contribution in [3.05, 3.63) is 35.6 Å². The van der Waals surface area contributed by atoms with Crippen molar-refractivity contribution < 1.29 is 28.6 Å². The van der Waals surface area contributed by atoms with Crippen LogP contribution in [-0.4, -0.2) is 54.1 Å². The van der Waals surface area contributed by atoms with Crippen LogP contribution in [0.15, 0.2) is 24.3 Å². The number of aliphatic hydroxyl groups excluding tert-OH is 1. The van der Waals surface area contributed by atoms with Gasteiger partial charge in [0.05, 0.1) is 25.6 Å². The minimum atomic E-state index is -1.79. The SMILES string of the molecule is COC(=O)[C@]1(CO)N[C@H](c2ccccc2F)[C@H]2C(=O)N(C)C(=O)[C@H]21. The lowest BCUT2D eigenvalue weighted by Crippen LogP contribution is -2.58. The summed E-state index contributed by atoms with van der Waals surface area (Å²) < 4.78 is 19.0. The number of imide groups is 1. The Bertz CT molecular complexity index is 724. The molecule has 2 amide bonds. The molecule has 0 unspecified atom stereocenters. The zero-order valence-electron chi connectivity index (χ0n) is 13.2. The number of hydrogen-bond acceptors (Lipinski definition) is 6. The van der Waals surface area contributed by atoms with Gasteiger partial charge in [0.2, 0.25) is 11.8 Å².